The van der Waals surface area contributed by atoms with Gasteiger partial charge in [-0.1, -0.05) is 48.0 Å². The van der Waals surface area contributed by atoms with E-state index in [1.807, 2.05) is 61.5 Å². The molecule has 0 spiro atoms. The molecule has 1 N–H and O–H groups in total. The zero-order valence-corrected chi connectivity index (χ0v) is 19.6. The lowest BCUT2D eigenvalue weighted by atomic mass is 10.0. The Balaban J connectivity index is 1.92. The van der Waals surface area contributed by atoms with Crippen molar-refractivity contribution in [2.24, 2.45) is 0 Å². The van der Waals surface area contributed by atoms with Crippen LogP contribution in [0, 0.1) is 11.3 Å². The van der Waals surface area contributed by atoms with E-state index in [2.05, 4.69) is 11.9 Å². The lowest BCUT2D eigenvalue weighted by molar-refractivity contribution is -0.112. The lowest BCUT2D eigenvalue weighted by Crippen LogP contribution is -2.13. The number of anilines is 1. The SMILES string of the molecule is C=CCc1cc(/C=C(/C#N)C(=O)Nc2ccccc2)cc(OCC)c1OCc1ccc(Cl)cc1. The third kappa shape index (κ3) is 6.74. The standard InChI is InChI=1S/C28H25ClN2O3/c1-3-8-22-15-21(16-23(18-30)28(32)31-25-9-6-5-7-10-25)17-26(33-4-2)27(22)34-19-20-11-13-24(29)14-12-20/h3,5-7,9-17H,1,4,8,19H2,2H3,(H,31,32)/b23-16-. The summed E-state index contributed by atoms with van der Waals surface area (Å²) in [4.78, 5) is 12.6. The van der Waals surface area contributed by atoms with Gasteiger partial charge in [-0.15, -0.1) is 6.58 Å². The van der Waals surface area contributed by atoms with Gasteiger partial charge in [0.05, 0.1) is 6.61 Å². The van der Waals surface area contributed by atoms with Crippen molar-refractivity contribution in [1.82, 2.24) is 0 Å². The van der Waals surface area contributed by atoms with Gasteiger partial charge in [0.1, 0.15) is 18.2 Å². The van der Waals surface area contributed by atoms with Crippen molar-refractivity contribution in [1.29, 1.82) is 5.26 Å². The minimum absolute atomic E-state index is 0.0225. The number of nitrogens with one attached hydrogen (secondary N) is 1. The molecule has 0 atom stereocenters. The Bertz CT molecular complexity index is 1210. The molecule has 0 aliphatic rings. The van der Waals surface area contributed by atoms with Crippen molar-refractivity contribution < 1.29 is 14.3 Å². The first-order valence-corrected chi connectivity index (χ1v) is 11.2. The summed E-state index contributed by atoms with van der Waals surface area (Å²) >= 11 is 5.97. The summed E-state index contributed by atoms with van der Waals surface area (Å²) < 4.78 is 12.0. The summed E-state index contributed by atoms with van der Waals surface area (Å²) in [7, 11) is 0. The van der Waals surface area contributed by atoms with Crippen molar-refractivity contribution in [3.63, 3.8) is 0 Å². The van der Waals surface area contributed by atoms with E-state index in [0.29, 0.717) is 47.4 Å². The minimum Gasteiger partial charge on any atom is -0.490 e. The first-order chi connectivity index (χ1) is 16.5. The molecule has 0 aromatic heterocycles. The third-order valence-corrected chi connectivity index (χ3v) is 5.07. The fraction of sp³-hybridized carbons (Fsp3) is 0.143. The number of para-hydroxylation sites is 1. The monoisotopic (exact) mass is 472 g/mol. The lowest BCUT2D eigenvalue weighted by Gasteiger charge is -2.17. The molecule has 6 heteroatoms. The largest absolute Gasteiger partial charge is 0.490 e. The smallest absolute Gasteiger partial charge is 0.266 e. The number of benzene rings is 3. The van der Waals surface area contributed by atoms with E-state index >= 15 is 0 Å². The molecule has 0 aliphatic heterocycles. The number of carbonyl (C=O) groups is 1. The predicted molar refractivity (Wildman–Crippen MR) is 136 cm³/mol. The number of carbonyl (C=O) groups excluding carboxylic acids is 1. The molecule has 0 bridgehead atoms. The fourth-order valence-corrected chi connectivity index (χ4v) is 3.40. The number of nitriles is 1. The quantitative estimate of drug-likeness (QED) is 0.205. The van der Waals surface area contributed by atoms with Crippen LogP contribution in [0.2, 0.25) is 5.02 Å². The molecule has 0 radical (unpaired) electrons. The maximum atomic E-state index is 12.6. The molecule has 1 amide bonds. The van der Waals surface area contributed by atoms with Gasteiger partial charge in [-0.2, -0.15) is 5.26 Å². The summed E-state index contributed by atoms with van der Waals surface area (Å²) in [6, 6.07) is 22.0. The van der Waals surface area contributed by atoms with Gasteiger partial charge in [0, 0.05) is 16.3 Å². The second kappa shape index (κ2) is 12.3. The predicted octanol–water partition coefficient (Wildman–Crippen LogP) is 6.59. The molecule has 34 heavy (non-hydrogen) atoms. The Morgan fingerprint density at radius 1 is 1.12 bits per heavy atom. The highest BCUT2D eigenvalue weighted by atomic mass is 35.5. The van der Waals surface area contributed by atoms with Gasteiger partial charge in [0.2, 0.25) is 0 Å². The maximum Gasteiger partial charge on any atom is 0.266 e. The van der Waals surface area contributed by atoms with Crippen LogP contribution in [0.1, 0.15) is 23.6 Å². The Kier molecular flexibility index (Phi) is 8.90. The number of hydrogen-bond donors (Lipinski definition) is 1. The molecule has 0 heterocycles. The van der Waals surface area contributed by atoms with Gasteiger partial charge < -0.3 is 14.8 Å². The van der Waals surface area contributed by atoms with E-state index in [9.17, 15) is 10.1 Å². The molecule has 172 valence electrons. The second-order valence-corrected chi connectivity index (χ2v) is 7.77. The van der Waals surface area contributed by atoms with Crippen LogP contribution in [0.4, 0.5) is 5.69 Å². The van der Waals surface area contributed by atoms with Gasteiger partial charge in [-0.25, -0.2) is 0 Å². The van der Waals surface area contributed by atoms with Crippen LogP contribution in [-0.2, 0) is 17.8 Å². The molecule has 3 aromatic rings. The van der Waals surface area contributed by atoms with Gasteiger partial charge in [-0.3, -0.25) is 4.79 Å². The topological polar surface area (TPSA) is 71.4 Å². The van der Waals surface area contributed by atoms with Crippen LogP contribution in [0.5, 0.6) is 11.5 Å². The summed E-state index contributed by atoms with van der Waals surface area (Å²) in [5.41, 5.74) is 3.04. The maximum absolute atomic E-state index is 12.6. The number of ether oxygens (including phenoxy) is 2. The average Bonchev–Trinajstić information content (AvgIpc) is 2.84. The van der Waals surface area contributed by atoms with Crippen molar-refractivity contribution in [3.8, 4) is 17.6 Å². The molecule has 0 aliphatic carbocycles. The summed E-state index contributed by atoms with van der Waals surface area (Å²) in [5.74, 6) is 0.643. The highest BCUT2D eigenvalue weighted by Crippen LogP contribution is 2.35. The molecule has 3 aromatic carbocycles. The first kappa shape index (κ1) is 24.6. The Morgan fingerprint density at radius 2 is 1.85 bits per heavy atom. The zero-order chi connectivity index (χ0) is 24.3. The molecule has 0 fully saturated rings. The van der Waals surface area contributed by atoms with Crippen molar-refractivity contribution in [2.75, 3.05) is 11.9 Å². The molecule has 3 rings (SSSR count). The van der Waals surface area contributed by atoms with E-state index in [0.717, 1.165) is 11.1 Å². The highest BCUT2D eigenvalue weighted by Gasteiger charge is 2.15. The number of halogens is 1. The van der Waals surface area contributed by atoms with Crippen LogP contribution >= 0.6 is 11.6 Å². The zero-order valence-electron chi connectivity index (χ0n) is 18.9. The third-order valence-electron chi connectivity index (χ3n) is 4.82. The molecule has 5 nitrogen and oxygen atoms in total. The summed E-state index contributed by atoms with van der Waals surface area (Å²) in [6.07, 6.45) is 3.83. The van der Waals surface area contributed by atoms with Crippen molar-refractivity contribution >= 4 is 29.3 Å². The Hall–Kier alpha value is -4.01. The molecular weight excluding hydrogens is 448 g/mol. The number of allylic oxidation sites excluding steroid dienone is 1. The van der Waals surface area contributed by atoms with Gasteiger partial charge in [-0.05, 0) is 66.9 Å². The van der Waals surface area contributed by atoms with Crippen LogP contribution in [0.3, 0.4) is 0 Å². The molecule has 0 unspecified atom stereocenters. The van der Waals surface area contributed by atoms with Crippen LogP contribution in [-0.4, -0.2) is 12.5 Å². The highest BCUT2D eigenvalue weighted by molar-refractivity contribution is 6.30. The van der Waals surface area contributed by atoms with E-state index in [1.165, 1.54) is 6.08 Å². The fourth-order valence-electron chi connectivity index (χ4n) is 3.27. The minimum atomic E-state index is -0.486. The normalized spacial score (nSPS) is 10.8. The molecule has 0 saturated carbocycles. The van der Waals surface area contributed by atoms with Crippen molar-refractivity contribution in [3.05, 3.63) is 107 Å². The number of nitrogens with zero attached hydrogens (tertiary/aromatic N) is 1. The van der Waals surface area contributed by atoms with Gasteiger partial charge in [0.25, 0.3) is 5.91 Å². The second-order valence-electron chi connectivity index (χ2n) is 7.34. The molecule has 0 saturated heterocycles. The Morgan fingerprint density at radius 3 is 2.50 bits per heavy atom. The number of rotatable bonds is 10. The van der Waals surface area contributed by atoms with Crippen LogP contribution < -0.4 is 14.8 Å². The van der Waals surface area contributed by atoms with Gasteiger partial charge in [0.15, 0.2) is 11.5 Å². The van der Waals surface area contributed by atoms with E-state index < -0.39 is 5.91 Å². The summed E-state index contributed by atoms with van der Waals surface area (Å²) in [6.45, 7) is 6.48. The molecular formula is C28H25ClN2O3. The van der Waals surface area contributed by atoms with E-state index in [4.69, 9.17) is 21.1 Å². The van der Waals surface area contributed by atoms with Crippen LogP contribution in [0.15, 0.2) is 85.0 Å². The first-order valence-electron chi connectivity index (χ1n) is 10.8. The Labute approximate surface area is 204 Å². The van der Waals surface area contributed by atoms with Gasteiger partial charge >= 0.3 is 0 Å². The van der Waals surface area contributed by atoms with Crippen molar-refractivity contribution in [2.45, 2.75) is 20.0 Å². The average molecular weight is 473 g/mol. The number of hydrogen-bond acceptors (Lipinski definition) is 4. The van der Waals surface area contributed by atoms with Crippen LogP contribution in [0.25, 0.3) is 6.08 Å². The number of amides is 1. The van der Waals surface area contributed by atoms with E-state index in [-0.39, 0.29) is 5.57 Å². The van der Waals surface area contributed by atoms with E-state index in [1.54, 1.807) is 24.3 Å². The summed E-state index contributed by atoms with van der Waals surface area (Å²) in [5, 5.41) is 13.0.